The fraction of sp³-hybridized carbons (Fsp3) is 0.846. The maximum absolute atomic E-state index is 12.0. The Bertz CT molecular complexity index is 343. The van der Waals surface area contributed by atoms with Gasteiger partial charge in [-0.05, 0) is 32.6 Å². The third kappa shape index (κ3) is 4.20. The molecule has 0 bridgehead atoms. The van der Waals surface area contributed by atoms with Crippen molar-refractivity contribution in [2.45, 2.75) is 46.6 Å². The zero-order valence-electron chi connectivity index (χ0n) is 11.8. The van der Waals surface area contributed by atoms with Crippen molar-refractivity contribution in [3.05, 3.63) is 0 Å². The number of rotatable bonds is 1. The lowest BCUT2D eigenvalue weighted by molar-refractivity contribution is -0.145. The second-order valence-corrected chi connectivity index (χ2v) is 6.76. The molecule has 1 atom stereocenters. The highest BCUT2D eigenvalue weighted by molar-refractivity contribution is 5.73. The number of carbonyl (C=O) groups excluding carboxylic acids is 1. The van der Waals surface area contributed by atoms with Gasteiger partial charge in [0.25, 0.3) is 0 Å². The van der Waals surface area contributed by atoms with Gasteiger partial charge >= 0.3 is 12.1 Å². The number of piperidine rings is 1. The van der Waals surface area contributed by atoms with E-state index in [9.17, 15) is 9.59 Å². The van der Waals surface area contributed by atoms with Gasteiger partial charge in [-0.1, -0.05) is 13.8 Å². The lowest BCUT2D eigenvalue weighted by atomic mass is 9.79. The second-order valence-electron chi connectivity index (χ2n) is 6.76. The van der Waals surface area contributed by atoms with Gasteiger partial charge in [0, 0.05) is 13.1 Å². The Morgan fingerprint density at radius 2 is 1.89 bits per heavy atom. The first-order valence-electron chi connectivity index (χ1n) is 6.21. The Labute approximate surface area is 108 Å². The van der Waals surface area contributed by atoms with Crippen molar-refractivity contribution in [1.82, 2.24) is 4.90 Å². The standard InChI is InChI=1S/C13H23NO4/c1-12(2,3)18-11(17)14-7-9(10(15)16)6-13(4,5)8-14/h9H,6-8H2,1-5H3,(H,15,16). The van der Waals surface area contributed by atoms with Crippen molar-refractivity contribution in [2.75, 3.05) is 13.1 Å². The van der Waals surface area contributed by atoms with Crippen LogP contribution in [0.1, 0.15) is 41.0 Å². The van der Waals surface area contributed by atoms with E-state index in [1.165, 1.54) is 4.90 Å². The highest BCUT2D eigenvalue weighted by atomic mass is 16.6. The van der Waals surface area contributed by atoms with Crippen LogP contribution in [0.4, 0.5) is 4.79 Å². The summed E-state index contributed by atoms with van der Waals surface area (Å²) in [6, 6.07) is 0. The molecule has 1 aliphatic heterocycles. The van der Waals surface area contributed by atoms with Gasteiger partial charge in [-0.3, -0.25) is 4.79 Å². The van der Waals surface area contributed by atoms with Crippen LogP contribution < -0.4 is 0 Å². The number of likely N-dealkylation sites (tertiary alicyclic amines) is 1. The molecule has 1 aliphatic rings. The topological polar surface area (TPSA) is 66.8 Å². The molecule has 0 aromatic heterocycles. The number of carbonyl (C=O) groups is 2. The summed E-state index contributed by atoms with van der Waals surface area (Å²) in [5.74, 6) is -1.36. The molecule has 1 N–H and O–H groups in total. The number of carboxylic acids is 1. The largest absolute Gasteiger partial charge is 0.481 e. The number of hydrogen-bond donors (Lipinski definition) is 1. The molecule has 1 fully saturated rings. The Balaban J connectivity index is 2.76. The van der Waals surface area contributed by atoms with Crippen LogP contribution in [0.15, 0.2) is 0 Å². The van der Waals surface area contributed by atoms with Gasteiger partial charge in [-0.15, -0.1) is 0 Å². The minimum Gasteiger partial charge on any atom is -0.481 e. The predicted molar refractivity (Wildman–Crippen MR) is 67.3 cm³/mol. The van der Waals surface area contributed by atoms with Crippen LogP contribution in [-0.2, 0) is 9.53 Å². The van der Waals surface area contributed by atoms with Gasteiger partial charge in [0.05, 0.1) is 5.92 Å². The van der Waals surface area contributed by atoms with E-state index in [2.05, 4.69) is 0 Å². The molecule has 5 heteroatoms. The molecule has 0 aliphatic carbocycles. The van der Waals surface area contributed by atoms with Crippen molar-refractivity contribution in [3.63, 3.8) is 0 Å². The van der Waals surface area contributed by atoms with Gasteiger partial charge < -0.3 is 14.7 Å². The van der Waals surface area contributed by atoms with Crippen LogP contribution in [0.2, 0.25) is 0 Å². The number of hydrogen-bond acceptors (Lipinski definition) is 3. The quantitative estimate of drug-likeness (QED) is 0.783. The first-order chi connectivity index (χ1) is 8.00. The number of amides is 1. The Morgan fingerprint density at radius 1 is 1.33 bits per heavy atom. The van der Waals surface area contributed by atoms with Crippen molar-refractivity contribution in [1.29, 1.82) is 0 Å². The van der Waals surface area contributed by atoms with Crippen LogP contribution in [0.25, 0.3) is 0 Å². The molecular weight excluding hydrogens is 234 g/mol. The molecule has 1 rings (SSSR count). The summed E-state index contributed by atoms with van der Waals surface area (Å²) in [6.45, 7) is 10.1. The molecule has 0 aromatic carbocycles. The maximum atomic E-state index is 12.0. The fourth-order valence-electron chi connectivity index (χ4n) is 2.27. The molecule has 1 saturated heterocycles. The van der Waals surface area contributed by atoms with Gasteiger partial charge in [0.15, 0.2) is 0 Å². The summed E-state index contributed by atoms with van der Waals surface area (Å²) in [6.07, 6.45) is 0.156. The highest BCUT2D eigenvalue weighted by Gasteiger charge is 2.39. The van der Waals surface area contributed by atoms with E-state index in [4.69, 9.17) is 9.84 Å². The summed E-state index contributed by atoms with van der Waals surface area (Å²) >= 11 is 0. The molecule has 1 unspecified atom stereocenters. The highest BCUT2D eigenvalue weighted by Crippen LogP contribution is 2.33. The minimum absolute atomic E-state index is 0.196. The lowest BCUT2D eigenvalue weighted by Crippen LogP contribution is -2.50. The average molecular weight is 257 g/mol. The van der Waals surface area contributed by atoms with Crippen LogP contribution in [0, 0.1) is 11.3 Å². The molecule has 5 nitrogen and oxygen atoms in total. The SMILES string of the molecule is CC1(C)CC(C(=O)O)CN(C(=O)OC(C)(C)C)C1. The zero-order valence-corrected chi connectivity index (χ0v) is 11.8. The Kier molecular flexibility index (Phi) is 3.93. The van der Waals surface area contributed by atoms with Gasteiger partial charge in [-0.25, -0.2) is 4.79 Å². The molecule has 1 heterocycles. The normalized spacial score (nSPS) is 23.6. The second kappa shape index (κ2) is 4.78. The summed E-state index contributed by atoms with van der Waals surface area (Å²) in [4.78, 5) is 24.6. The smallest absolute Gasteiger partial charge is 0.410 e. The minimum atomic E-state index is -0.851. The molecule has 1 amide bonds. The van der Waals surface area contributed by atoms with Gasteiger partial charge in [0.2, 0.25) is 0 Å². The van der Waals surface area contributed by atoms with E-state index in [0.717, 1.165) is 0 Å². The molecule has 104 valence electrons. The summed E-state index contributed by atoms with van der Waals surface area (Å²) < 4.78 is 5.29. The molecule has 18 heavy (non-hydrogen) atoms. The molecule has 0 spiro atoms. The maximum Gasteiger partial charge on any atom is 0.410 e. The number of carboxylic acid groups (broad SMARTS) is 1. The van der Waals surface area contributed by atoms with E-state index in [1.54, 1.807) is 20.8 Å². The van der Waals surface area contributed by atoms with Crippen LogP contribution in [0.3, 0.4) is 0 Å². The van der Waals surface area contributed by atoms with Crippen LogP contribution in [-0.4, -0.2) is 40.8 Å². The fourth-order valence-corrected chi connectivity index (χ4v) is 2.27. The monoisotopic (exact) mass is 257 g/mol. The summed E-state index contributed by atoms with van der Waals surface area (Å²) in [5, 5.41) is 9.12. The van der Waals surface area contributed by atoms with E-state index in [-0.39, 0.29) is 12.0 Å². The molecule has 0 aromatic rings. The predicted octanol–water partition coefficient (Wildman–Crippen LogP) is 2.35. The first kappa shape index (κ1) is 14.8. The number of nitrogens with zero attached hydrogens (tertiary/aromatic N) is 1. The Morgan fingerprint density at radius 3 is 2.33 bits per heavy atom. The van der Waals surface area contributed by atoms with Crippen LogP contribution in [0.5, 0.6) is 0 Å². The van der Waals surface area contributed by atoms with E-state index in [1.807, 2.05) is 13.8 Å². The van der Waals surface area contributed by atoms with Crippen LogP contribution >= 0.6 is 0 Å². The van der Waals surface area contributed by atoms with E-state index in [0.29, 0.717) is 13.0 Å². The zero-order chi connectivity index (χ0) is 14.1. The summed E-state index contributed by atoms with van der Waals surface area (Å²) in [5.41, 5.74) is -0.754. The third-order valence-electron chi connectivity index (χ3n) is 2.86. The Hall–Kier alpha value is -1.26. The molecule has 0 radical (unpaired) electrons. The van der Waals surface area contributed by atoms with E-state index >= 15 is 0 Å². The number of aliphatic carboxylic acids is 1. The van der Waals surface area contributed by atoms with Gasteiger partial charge in [-0.2, -0.15) is 0 Å². The lowest BCUT2D eigenvalue weighted by Gasteiger charge is -2.41. The molecule has 0 saturated carbocycles. The van der Waals surface area contributed by atoms with Crippen molar-refractivity contribution < 1.29 is 19.4 Å². The first-order valence-corrected chi connectivity index (χ1v) is 6.21. The number of ether oxygens (including phenoxy) is 1. The van der Waals surface area contributed by atoms with Crippen molar-refractivity contribution in [3.8, 4) is 0 Å². The van der Waals surface area contributed by atoms with Crippen molar-refractivity contribution in [2.24, 2.45) is 11.3 Å². The average Bonchev–Trinajstić information content (AvgIpc) is 2.12. The summed E-state index contributed by atoms with van der Waals surface area (Å²) in [7, 11) is 0. The van der Waals surface area contributed by atoms with Crippen molar-refractivity contribution >= 4 is 12.1 Å². The third-order valence-corrected chi connectivity index (χ3v) is 2.86. The van der Waals surface area contributed by atoms with Gasteiger partial charge in [0.1, 0.15) is 5.60 Å². The van der Waals surface area contributed by atoms with E-state index < -0.39 is 23.6 Å². The molecular formula is C13H23NO4.